The topological polar surface area (TPSA) is 0 Å². The SMILES string of the molecule is CC1CC(C(C)(C)C)CC1C(c1ccc(-c2ccccc2)cc1)C1C2C=C(C(C)(C)C)C=CC2C2C=CC(C(C)(C)C)=CC21. The van der Waals surface area contributed by atoms with E-state index < -0.39 is 0 Å². The van der Waals surface area contributed by atoms with Crippen LogP contribution in [0.4, 0.5) is 0 Å². The Kier molecular flexibility index (Phi) is 8.08. The van der Waals surface area contributed by atoms with Crippen LogP contribution in [0.3, 0.4) is 0 Å². The van der Waals surface area contributed by atoms with Gasteiger partial charge in [0.2, 0.25) is 0 Å². The Morgan fingerprint density at radius 3 is 1.55 bits per heavy atom. The lowest BCUT2D eigenvalue weighted by Gasteiger charge is -2.40. The molecule has 0 amide bonds. The molecule has 6 rings (SSSR count). The molecule has 0 bridgehead atoms. The van der Waals surface area contributed by atoms with Gasteiger partial charge in [-0.25, -0.2) is 0 Å². The summed E-state index contributed by atoms with van der Waals surface area (Å²) in [6.07, 6.45) is 18.4. The molecule has 0 heterocycles. The van der Waals surface area contributed by atoms with E-state index in [1.807, 2.05) is 0 Å². The zero-order chi connectivity index (χ0) is 31.6. The Bertz CT molecular complexity index is 1390. The number of allylic oxidation sites excluding steroid dienone is 8. The van der Waals surface area contributed by atoms with Crippen molar-refractivity contribution in [2.24, 2.45) is 63.6 Å². The van der Waals surface area contributed by atoms with Crippen molar-refractivity contribution >= 4 is 0 Å². The quantitative estimate of drug-likeness (QED) is 0.334. The summed E-state index contributed by atoms with van der Waals surface area (Å²) in [5, 5.41) is 0. The molecule has 0 saturated heterocycles. The molecular formula is C44H58. The molecule has 0 radical (unpaired) electrons. The fourth-order valence-corrected chi connectivity index (χ4v) is 9.45. The van der Waals surface area contributed by atoms with E-state index in [1.54, 1.807) is 5.56 Å². The number of fused-ring (bicyclic) bond motifs is 3. The summed E-state index contributed by atoms with van der Waals surface area (Å²) < 4.78 is 0. The van der Waals surface area contributed by atoms with Crippen molar-refractivity contribution in [3.05, 3.63) is 108 Å². The second-order valence-electron chi connectivity index (χ2n) is 18.0. The van der Waals surface area contributed by atoms with Crippen LogP contribution in [0, 0.1) is 63.6 Å². The average molecular weight is 587 g/mol. The van der Waals surface area contributed by atoms with Gasteiger partial charge in [-0.3, -0.25) is 0 Å². The normalized spacial score (nSPS) is 32.6. The van der Waals surface area contributed by atoms with Crippen LogP contribution in [0.1, 0.15) is 93.6 Å². The van der Waals surface area contributed by atoms with E-state index in [0.717, 1.165) is 11.8 Å². The third-order valence-corrected chi connectivity index (χ3v) is 12.1. The molecule has 8 atom stereocenters. The van der Waals surface area contributed by atoms with Crippen molar-refractivity contribution in [2.45, 2.75) is 88.0 Å². The summed E-state index contributed by atoms with van der Waals surface area (Å²) in [6.45, 7) is 24.4. The highest BCUT2D eigenvalue weighted by atomic mass is 14.6. The smallest absolute Gasteiger partial charge is 0.00909 e. The predicted molar refractivity (Wildman–Crippen MR) is 190 cm³/mol. The number of hydrogen-bond donors (Lipinski definition) is 0. The molecule has 8 unspecified atom stereocenters. The Morgan fingerprint density at radius 2 is 1.09 bits per heavy atom. The molecule has 234 valence electrons. The second-order valence-corrected chi connectivity index (χ2v) is 18.0. The van der Waals surface area contributed by atoms with Gasteiger partial charge in [0.25, 0.3) is 0 Å². The Balaban J connectivity index is 1.50. The third kappa shape index (κ3) is 5.88. The molecule has 0 heteroatoms. The minimum atomic E-state index is 0.160. The van der Waals surface area contributed by atoms with Gasteiger partial charge in [0, 0.05) is 0 Å². The van der Waals surface area contributed by atoms with E-state index in [1.165, 1.54) is 35.1 Å². The summed E-state index contributed by atoms with van der Waals surface area (Å²) in [7, 11) is 0. The van der Waals surface area contributed by atoms with Gasteiger partial charge < -0.3 is 0 Å². The minimum Gasteiger partial charge on any atom is -0.0799 e. The van der Waals surface area contributed by atoms with Crippen molar-refractivity contribution in [1.29, 1.82) is 0 Å². The first-order valence-electron chi connectivity index (χ1n) is 17.6. The van der Waals surface area contributed by atoms with E-state index >= 15 is 0 Å². The molecule has 0 aromatic heterocycles. The summed E-state index contributed by atoms with van der Waals surface area (Å²) in [6, 6.07) is 20.8. The van der Waals surface area contributed by atoms with Gasteiger partial charge >= 0.3 is 0 Å². The molecule has 2 saturated carbocycles. The molecule has 0 nitrogen and oxygen atoms in total. The van der Waals surface area contributed by atoms with E-state index in [4.69, 9.17) is 0 Å². The van der Waals surface area contributed by atoms with Crippen LogP contribution in [0.2, 0.25) is 0 Å². The molecule has 44 heavy (non-hydrogen) atoms. The van der Waals surface area contributed by atoms with Gasteiger partial charge in [-0.1, -0.05) is 160 Å². The molecule has 0 N–H and O–H groups in total. The monoisotopic (exact) mass is 586 g/mol. The van der Waals surface area contributed by atoms with Gasteiger partial charge in [-0.2, -0.15) is 0 Å². The molecule has 0 aliphatic heterocycles. The molecule has 2 aromatic carbocycles. The maximum absolute atomic E-state index is 2.75. The Labute approximate surface area is 269 Å². The molecule has 2 fully saturated rings. The average Bonchev–Trinajstić information content (AvgIpc) is 3.51. The Hall–Kier alpha value is -2.60. The van der Waals surface area contributed by atoms with Gasteiger partial charge in [-0.15, -0.1) is 0 Å². The molecule has 4 aliphatic rings. The zero-order valence-electron chi connectivity index (χ0n) is 29.3. The van der Waals surface area contributed by atoms with Gasteiger partial charge in [0.1, 0.15) is 0 Å². The molecular weight excluding hydrogens is 528 g/mol. The number of rotatable bonds is 4. The highest BCUT2D eigenvalue weighted by molar-refractivity contribution is 5.63. The van der Waals surface area contributed by atoms with E-state index in [9.17, 15) is 0 Å². The lowest BCUT2D eigenvalue weighted by atomic mass is 9.64. The van der Waals surface area contributed by atoms with Gasteiger partial charge in [-0.05, 0) is 110 Å². The summed E-state index contributed by atoms with van der Waals surface area (Å²) >= 11 is 0. The van der Waals surface area contributed by atoms with Crippen LogP contribution in [0.5, 0.6) is 0 Å². The van der Waals surface area contributed by atoms with Crippen LogP contribution in [0.15, 0.2) is 102 Å². The molecule has 0 spiro atoms. The van der Waals surface area contributed by atoms with Crippen molar-refractivity contribution in [2.75, 3.05) is 0 Å². The van der Waals surface area contributed by atoms with Crippen LogP contribution in [-0.4, -0.2) is 0 Å². The standard InChI is InChI=1S/C44H58/c1-28-24-34(44(8,9)10)27-37(28)40(31-18-16-30(17-19-31)29-14-12-11-13-15-29)41-38-25-32(42(2,3)4)20-22-35(38)36-23-21-33(26-39(36)41)43(5,6)7/h11-23,25-26,28,34-41H,24,27H2,1-10H3. The largest absolute Gasteiger partial charge is 0.0799 e. The third-order valence-electron chi connectivity index (χ3n) is 12.1. The zero-order valence-corrected chi connectivity index (χ0v) is 29.3. The molecule has 2 aromatic rings. The van der Waals surface area contributed by atoms with E-state index in [0.29, 0.717) is 46.8 Å². The predicted octanol–water partition coefficient (Wildman–Crippen LogP) is 12.3. The highest BCUT2D eigenvalue weighted by Crippen LogP contribution is 2.62. The number of hydrogen-bond acceptors (Lipinski definition) is 0. The van der Waals surface area contributed by atoms with Crippen LogP contribution < -0.4 is 0 Å². The van der Waals surface area contributed by atoms with Crippen LogP contribution >= 0.6 is 0 Å². The minimum absolute atomic E-state index is 0.160. The van der Waals surface area contributed by atoms with Crippen molar-refractivity contribution < 1.29 is 0 Å². The fourth-order valence-electron chi connectivity index (χ4n) is 9.45. The van der Waals surface area contributed by atoms with Crippen molar-refractivity contribution in [3.63, 3.8) is 0 Å². The lowest BCUT2D eigenvalue weighted by molar-refractivity contribution is 0.194. The van der Waals surface area contributed by atoms with E-state index in [2.05, 4.69) is 160 Å². The maximum atomic E-state index is 2.75. The van der Waals surface area contributed by atoms with Gasteiger partial charge in [0.15, 0.2) is 0 Å². The lowest BCUT2D eigenvalue weighted by Crippen LogP contribution is -2.32. The Morgan fingerprint density at radius 1 is 0.591 bits per heavy atom. The second kappa shape index (κ2) is 11.3. The summed E-state index contributed by atoms with van der Waals surface area (Å²) in [5.41, 5.74) is 7.93. The highest BCUT2D eigenvalue weighted by Gasteiger charge is 2.55. The van der Waals surface area contributed by atoms with Crippen molar-refractivity contribution in [3.8, 4) is 11.1 Å². The molecule has 4 aliphatic carbocycles. The summed E-state index contributed by atoms with van der Waals surface area (Å²) in [4.78, 5) is 0. The van der Waals surface area contributed by atoms with E-state index in [-0.39, 0.29) is 10.8 Å². The van der Waals surface area contributed by atoms with Crippen LogP contribution in [0.25, 0.3) is 11.1 Å². The first kappa shape index (κ1) is 31.4. The van der Waals surface area contributed by atoms with Crippen molar-refractivity contribution in [1.82, 2.24) is 0 Å². The van der Waals surface area contributed by atoms with Crippen LogP contribution in [-0.2, 0) is 0 Å². The maximum Gasteiger partial charge on any atom is -0.00909 e. The number of benzene rings is 2. The van der Waals surface area contributed by atoms with Gasteiger partial charge in [0.05, 0.1) is 0 Å². The summed E-state index contributed by atoms with van der Waals surface area (Å²) in [5.74, 6) is 5.60. The first-order chi connectivity index (χ1) is 20.6. The first-order valence-corrected chi connectivity index (χ1v) is 17.6. The fraction of sp³-hybridized carbons (Fsp3) is 0.545.